The molecule has 13 heavy (non-hydrogen) atoms. The zero-order valence-electron chi connectivity index (χ0n) is 7.61. The van der Waals surface area contributed by atoms with Crippen LogP contribution < -0.4 is 0 Å². The van der Waals surface area contributed by atoms with E-state index in [4.69, 9.17) is 4.55 Å². The molecule has 76 valence electrons. The number of hydrogen-bond donors (Lipinski definition) is 1. The zero-order valence-corrected chi connectivity index (χ0v) is 8.43. The molecule has 0 saturated carbocycles. The molecule has 1 aliphatic rings. The Morgan fingerprint density at radius 3 is 2.38 bits per heavy atom. The van der Waals surface area contributed by atoms with Crippen molar-refractivity contribution in [1.29, 1.82) is 0 Å². The lowest BCUT2D eigenvalue weighted by Gasteiger charge is -2.23. The highest BCUT2D eigenvalue weighted by atomic mass is 32.2. The molecule has 0 aromatic heterocycles. The lowest BCUT2D eigenvalue weighted by Crippen LogP contribution is -2.33. The van der Waals surface area contributed by atoms with E-state index < -0.39 is 14.9 Å². The van der Waals surface area contributed by atoms with Crippen molar-refractivity contribution in [2.45, 2.75) is 25.0 Å². The molecule has 0 bridgehead atoms. The van der Waals surface area contributed by atoms with E-state index in [1.807, 2.05) is 6.92 Å². The van der Waals surface area contributed by atoms with Gasteiger partial charge in [0.2, 0.25) is 0 Å². The quantitative estimate of drug-likeness (QED) is 0.641. The van der Waals surface area contributed by atoms with E-state index in [0.717, 1.165) is 5.57 Å². The first-order chi connectivity index (χ1) is 5.35. The molecule has 0 aromatic rings. The number of rotatable bonds is 1. The smallest absolute Gasteiger partial charge is 0.274 e. The molecule has 1 rings (SSSR count). The van der Waals surface area contributed by atoms with Gasteiger partial charge < -0.3 is 5.48 Å². The van der Waals surface area contributed by atoms with Crippen LogP contribution in [0.3, 0.4) is 0 Å². The van der Waals surface area contributed by atoms with Gasteiger partial charge in [-0.25, -0.2) is 0 Å². The third-order valence-electron chi connectivity index (χ3n) is 2.12. The predicted molar refractivity (Wildman–Crippen MR) is 51.1 cm³/mol. The van der Waals surface area contributed by atoms with Crippen molar-refractivity contribution in [3.05, 3.63) is 23.8 Å². The molecule has 4 nitrogen and oxygen atoms in total. The highest BCUT2D eigenvalue weighted by Crippen LogP contribution is 2.27. The van der Waals surface area contributed by atoms with Crippen molar-refractivity contribution in [3.63, 3.8) is 0 Å². The SMILES string of the molecule is CC1=CCC(C)(S(=O)(=O)O)C=C1.O. The summed E-state index contributed by atoms with van der Waals surface area (Å²) in [6.45, 7) is 3.39. The standard InChI is InChI=1S/C8H12O3S.H2O/c1-7-3-5-8(2,6-4-7)12(9,10)11;/h3-5H,6H2,1-2H3,(H,9,10,11);1H2. The van der Waals surface area contributed by atoms with Gasteiger partial charge in [-0.1, -0.05) is 23.8 Å². The van der Waals surface area contributed by atoms with E-state index in [0.29, 0.717) is 6.42 Å². The fraction of sp³-hybridized carbons (Fsp3) is 0.500. The predicted octanol–water partition coefficient (Wildman–Crippen LogP) is 0.714. The highest BCUT2D eigenvalue weighted by Gasteiger charge is 2.35. The van der Waals surface area contributed by atoms with E-state index in [-0.39, 0.29) is 5.48 Å². The van der Waals surface area contributed by atoms with E-state index in [9.17, 15) is 8.42 Å². The molecule has 3 N–H and O–H groups in total. The van der Waals surface area contributed by atoms with Crippen LogP contribution in [-0.2, 0) is 10.1 Å². The van der Waals surface area contributed by atoms with Gasteiger partial charge in [-0.2, -0.15) is 8.42 Å². The first-order valence-electron chi connectivity index (χ1n) is 3.68. The summed E-state index contributed by atoms with van der Waals surface area (Å²) in [5.41, 5.74) is 1.02. The van der Waals surface area contributed by atoms with Gasteiger partial charge in [-0.05, 0) is 20.3 Å². The van der Waals surface area contributed by atoms with Crippen molar-refractivity contribution in [1.82, 2.24) is 0 Å². The molecule has 0 spiro atoms. The van der Waals surface area contributed by atoms with Crippen LogP contribution in [-0.4, -0.2) is 23.2 Å². The molecule has 0 radical (unpaired) electrons. The Kier molecular flexibility index (Phi) is 3.43. The van der Waals surface area contributed by atoms with Crippen molar-refractivity contribution in [2.24, 2.45) is 0 Å². The Hall–Kier alpha value is -0.650. The Bertz CT molecular complexity index is 339. The molecule has 0 aromatic carbocycles. The molecule has 1 aliphatic carbocycles. The summed E-state index contributed by atoms with van der Waals surface area (Å²) >= 11 is 0. The molecule has 0 amide bonds. The summed E-state index contributed by atoms with van der Waals surface area (Å²) in [7, 11) is -3.98. The van der Waals surface area contributed by atoms with Crippen LogP contribution in [0.25, 0.3) is 0 Å². The van der Waals surface area contributed by atoms with Crippen molar-refractivity contribution < 1.29 is 18.4 Å². The Labute approximate surface area is 78.0 Å². The van der Waals surface area contributed by atoms with E-state index in [1.165, 1.54) is 13.0 Å². The van der Waals surface area contributed by atoms with Crippen LogP contribution in [0.2, 0.25) is 0 Å². The van der Waals surface area contributed by atoms with Crippen molar-refractivity contribution in [2.75, 3.05) is 0 Å². The molecular weight excluding hydrogens is 192 g/mol. The van der Waals surface area contributed by atoms with Gasteiger partial charge in [0.05, 0.1) is 0 Å². The molecule has 1 unspecified atom stereocenters. The van der Waals surface area contributed by atoms with Gasteiger partial charge in [-0.3, -0.25) is 4.55 Å². The number of hydrogen-bond acceptors (Lipinski definition) is 2. The van der Waals surface area contributed by atoms with Crippen LogP contribution in [0.5, 0.6) is 0 Å². The molecular formula is C8H14O4S. The zero-order chi connectivity index (χ0) is 9.41. The number of allylic oxidation sites excluding steroid dienone is 3. The van der Waals surface area contributed by atoms with Gasteiger partial charge in [0, 0.05) is 0 Å². The lowest BCUT2D eigenvalue weighted by molar-refractivity contribution is 0.452. The van der Waals surface area contributed by atoms with Crippen LogP contribution >= 0.6 is 0 Å². The summed E-state index contributed by atoms with van der Waals surface area (Å²) in [5.74, 6) is 0. The van der Waals surface area contributed by atoms with Crippen molar-refractivity contribution >= 4 is 10.1 Å². The second-order valence-corrected chi connectivity index (χ2v) is 5.16. The minimum Gasteiger partial charge on any atom is -0.412 e. The van der Waals surface area contributed by atoms with Crippen LogP contribution in [0.4, 0.5) is 0 Å². The molecule has 0 heterocycles. The summed E-state index contributed by atoms with van der Waals surface area (Å²) < 4.78 is 29.5. The third kappa shape index (κ3) is 2.40. The first kappa shape index (κ1) is 12.3. The highest BCUT2D eigenvalue weighted by molar-refractivity contribution is 7.87. The average molecular weight is 206 g/mol. The maximum atomic E-state index is 10.9. The molecule has 0 fully saturated rings. The molecule has 5 heteroatoms. The Morgan fingerprint density at radius 1 is 1.54 bits per heavy atom. The van der Waals surface area contributed by atoms with E-state index >= 15 is 0 Å². The molecule has 1 atom stereocenters. The van der Waals surface area contributed by atoms with Crippen LogP contribution in [0.1, 0.15) is 20.3 Å². The molecule has 0 saturated heterocycles. The maximum absolute atomic E-state index is 10.9. The van der Waals surface area contributed by atoms with Gasteiger partial charge in [-0.15, -0.1) is 0 Å². The van der Waals surface area contributed by atoms with E-state index in [1.54, 1.807) is 12.2 Å². The fourth-order valence-corrected chi connectivity index (χ4v) is 1.53. The molecule has 0 aliphatic heterocycles. The third-order valence-corrected chi connectivity index (χ3v) is 3.60. The first-order valence-corrected chi connectivity index (χ1v) is 5.12. The fourth-order valence-electron chi connectivity index (χ4n) is 0.999. The topological polar surface area (TPSA) is 85.9 Å². The Morgan fingerprint density at radius 2 is 2.08 bits per heavy atom. The van der Waals surface area contributed by atoms with Gasteiger partial charge in [0.1, 0.15) is 4.75 Å². The maximum Gasteiger partial charge on any atom is 0.274 e. The largest absolute Gasteiger partial charge is 0.412 e. The van der Waals surface area contributed by atoms with Crippen molar-refractivity contribution in [3.8, 4) is 0 Å². The van der Waals surface area contributed by atoms with Crippen LogP contribution in [0.15, 0.2) is 23.8 Å². The summed E-state index contributed by atoms with van der Waals surface area (Å²) in [4.78, 5) is 0. The summed E-state index contributed by atoms with van der Waals surface area (Å²) in [6.07, 6.45) is 5.37. The van der Waals surface area contributed by atoms with Gasteiger partial charge >= 0.3 is 0 Å². The minimum absolute atomic E-state index is 0. The van der Waals surface area contributed by atoms with Crippen LogP contribution in [0, 0.1) is 0 Å². The summed E-state index contributed by atoms with van der Waals surface area (Å²) in [6, 6.07) is 0. The minimum atomic E-state index is -3.98. The second-order valence-electron chi connectivity index (χ2n) is 3.27. The average Bonchev–Trinajstić information content (AvgIpc) is 1.93. The van der Waals surface area contributed by atoms with Gasteiger partial charge in [0.15, 0.2) is 0 Å². The van der Waals surface area contributed by atoms with Gasteiger partial charge in [0.25, 0.3) is 10.1 Å². The second kappa shape index (κ2) is 3.61. The monoisotopic (exact) mass is 206 g/mol. The lowest BCUT2D eigenvalue weighted by atomic mass is 9.98. The van der Waals surface area contributed by atoms with E-state index in [2.05, 4.69) is 0 Å². The normalized spacial score (nSPS) is 27.8. The summed E-state index contributed by atoms with van der Waals surface area (Å²) in [5, 5.41) is 0. The Balaban J connectivity index is 0.00000144.